The molecule has 28 heavy (non-hydrogen) atoms. The maximum Gasteiger partial charge on any atom is 0.242 e. The summed E-state index contributed by atoms with van der Waals surface area (Å²) >= 11 is 0. The molecule has 0 aliphatic rings. The van der Waals surface area contributed by atoms with Crippen LogP contribution in [0.2, 0.25) is 0 Å². The van der Waals surface area contributed by atoms with Crippen molar-refractivity contribution in [3.8, 4) is 11.5 Å². The average Bonchev–Trinajstić information content (AvgIpc) is 3.12. The van der Waals surface area contributed by atoms with Gasteiger partial charge in [0.25, 0.3) is 0 Å². The fraction of sp³-hybridized carbons (Fsp3) is 0.100. The van der Waals surface area contributed by atoms with E-state index >= 15 is 0 Å². The Morgan fingerprint density at radius 3 is 2.86 bits per heavy atom. The molecular weight excluding hydrogens is 361 g/mol. The summed E-state index contributed by atoms with van der Waals surface area (Å²) in [6.45, 7) is 0.223. The Balaban J connectivity index is 1.36. The third-order valence-electron chi connectivity index (χ3n) is 4.06. The van der Waals surface area contributed by atoms with Crippen LogP contribution in [0.4, 0.5) is 4.39 Å². The number of hydrogen-bond acceptors (Lipinski definition) is 5. The summed E-state index contributed by atoms with van der Waals surface area (Å²) in [4.78, 5) is 16.1. The highest BCUT2D eigenvalue weighted by atomic mass is 19.1. The van der Waals surface area contributed by atoms with Crippen molar-refractivity contribution < 1.29 is 13.9 Å². The van der Waals surface area contributed by atoms with Gasteiger partial charge in [0.15, 0.2) is 11.6 Å². The molecule has 0 aliphatic heterocycles. The SMILES string of the molecule is O=C(Cn1nnc2ccccc21)NCc1ccc(Oc2cccnc2)c(F)c1. The quantitative estimate of drug-likeness (QED) is 0.558. The molecule has 1 amide bonds. The fourth-order valence-electron chi connectivity index (χ4n) is 2.70. The van der Waals surface area contributed by atoms with Gasteiger partial charge in [-0.1, -0.05) is 23.4 Å². The smallest absolute Gasteiger partial charge is 0.242 e. The number of rotatable bonds is 6. The van der Waals surface area contributed by atoms with Gasteiger partial charge in [-0.3, -0.25) is 9.78 Å². The average molecular weight is 377 g/mol. The van der Waals surface area contributed by atoms with Crippen molar-refractivity contribution in [1.29, 1.82) is 0 Å². The molecule has 0 radical (unpaired) electrons. The molecule has 0 bridgehead atoms. The minimum atomic E-state index is -0.516. The van der Waals surface area contributed by atoms with Gasteiger partial charge in [-0.05, 0) is 42.0 Å². The number of nitrogens with one attached hydrogen (secondary N) is 1. The van der Waals surface area contributed by atoms with Gasteiger partial charge in [0.2, 0.25) is 5.91 Å². The Morgan fingerprint density at radius 2 is 2.04 bits per heavy atom. The number of carbonyl (C=O) groups is 1. The van der Waals surface area contributed by atoms with Gasteiger partial charge in [0, 0.05) is 12.7 Å². The molecule has 140 valence electrons. The number of benzene rings is 2. The van der Waals surface area contributed by atoms with E-state index in [1.54, 1.807) is 24.4 Å². The van der Waals surface area contributed by atoms with Crippen molar-refractivity contribution >= 4 is 16.9 Å². The van der Waals surface area contributed by atoms with Gasteiger partial charge in [0.05, 0.1) is 11.7 Å². The van der Waals surface area contributed by atoms with Gasteiger partial charge in [-0.2, -0.15) is 0 Å². The molecule has 0 atom stereocenters. The molecular formula is C20H16FN5O2. The molecule has 0 saturated heterocycles. The van der Waals surface area contributed by atoms with Crippen molar-refractivity contribution in [2.75, 3.05) is 0 Å². The van der Waals surface area contributed by atoms with Crippen molar-refractivity contribution in [3.05, 3.63) is 78.4 Å². The Labute approximate surface area is 159 Å². The number of halogens is 1. The third-order valence-corrected chi connectivity index (χ3v) is 4.06. The van der Waals surface area contributed by atoms with E-state index in [-0.39, 0.29) is 24.7 Å². The summed E-state index contributed by atoms with van der Waals surface area (Å²) in [5, 5.41) is 10.7. The third kappa shape index (κ3) is 3.96. The summed E-state index contributed by atoms with van der Waals surface area (Å²) in [7, 11) is 0. The molecule has 0 fully saturated rings. The molecule has 2 heterocycles. The van der Waals surface area contributed by atoms with Gasteiger partial charge in [-0.15, -0.1) is 5.10 Å². The summed E-state index contributed by atoms with van der Waals surface area (Å²) in [6.07, 6.45) is 3.11. The van der Waals surface area contributed by atoms with E-state index in [0.717, 1.165) is 11.0 Å². The highest BCUT2D eigenvalue weighted by Gasteiger charge is 2.10. The Kier molecular flexibility index (Phi) is 4.92. The Morgan fingerprint density at radius 1 is 1.14 bits per heavy atom. The molecule has 8 heteroatoms. The van der Waals surface area contributed by atoms with Gasteiger partial charge in [-0.25, -0.2) is 9.07 Å². The minimum absolute atomic E-state index is 0.0329. The van der Waals surface area contributed by atoms with Crippen LogP contribution in [0.5, 0.6) is 11.5 Å². The molecule has 2 aromatic carbocycles. The number of carbonyl (C=O) groups excluding carboxylic acids is 1. The lowest BCUT2D eigenvalue weighted by molar-refractivity contribution is -0.121. The number of fused-ring (bicyclic) bond motifs is 1. The van der Waals surface area contributed by atoms with Crippen LogP contribution in [0.25, 0.3) is 11.0 Å². The van der Waals surface area contributed by atoms with E-state index in [0.29, 0.717) is 11.3 Å². The van der Waals surface area contributed by atoms with Crippen LogP contribution in [0, 0.1) is 5.82 Å². The van der Waals surface area contributed by atoms with Crippen molar-refractivity contribution in [3.63, 3.8) is 0 Å². The fourth-order valence-corrected chi connectivity index (χ4v) is 2.70. The van der Waals surface area contributed by atoms with E-state index in [1.807, 2.05) is 24.3 Å². The lowest BCUT2D eigenvalue weighted by Gasteiger charge is -2.09. The number of hydrogen-bond donors (Lipinski definition) is 1. The van der Waals surface area contributed by atoms with Crippen LogP contribution >= 0.6 is 0 Å². The number of amides is 1. The first-order valence-corrected chi connectivity index (χ1v) is 8.60. The molecule has 1 N–H and O–H groups in total. The van der Waals surface area contributed by atoms with Crippen LogP contribution in [-0.2, 0) is 17.9 Å². The second kappa shape index (κ2) is 7.83. The Bertz CT molecular complexity index is 1110. The summed E-state index contributed by atoms with van der Waals surface area (Å²) in [6, 6.07) is 15.3. The molecule has 7 nitrogen and oxygen atoms in total. The van der Waals surface area contributed by atoms with Gasteiger partial charge >= 0.3 is 0 Å². The highest BCUT2D eigenvalue weighted by Crippen LogP contribution is 2.24. The van der Waals surface area contributed by atoms with Crippen LogP contribution in [0.1, 0.15) is 5.56 Å². The van der Waals surface area contributed by atoms with E-state index in [4.69, 9.17) is 4.74 Å². The number of para-hydroxylation sites is 1. The van der Waals surface area contributed by atoms with Crippen LogP contribution < -0.4 is 10.1 Å². The Hall–Kier alpha value is -3.81. The zero-order chi connectivity index (χ0) is 19.3. The molecule has 4 aromatic rings. The van der Waals surface area contributed by atoms with Gasteiger partial charge in [0.1, 0.15) is 17.8 Å². The van der Waals surface area contributed by atoms with Crippen LogP contribution in [0.3, 0.4) is 0 Å². The first kappa shape index (κ1) is 17.6. The first-order valence-electron chi connectivity index (χ1n) is 8.60. The second-order valence-corrected chi connectivity index (χ2v) is 6.07. The molecule has 0 spiro atoms. The van der Waals surface area contributed by atoms with Crippen molar-refractivity contribution in [2.45, 2.75) is 13.1 Å². The van der Waals surface area contributed by atoms with E-state index in [9.17, 15) is 9.18 Å². The maximum atomic E-state index is 14.3. The predicted molar refractivity (Wildman–Crippen MR) is 100 cm³/mol. The monoisotopic (exact) mass is 377 g/mol. The lowest BCUT2D eigenvalue weighted by atomic mass is 10.2. The number of pyridine rings is 1. The minimum Gasteiger partial charge on any atom is -0.453 e. The van der Waals surface area contributed by atoms with E-state index < -0.39 is 5.82 Å². The largest absolute Gasteiger partial charge is 0.453 e. The molecule has 4 rings (SSSR count). The van der Waals surface area contributed by atoms with Crippen molar-refractivity contribution in [2.24, 2.45) is 0 Å². The number of aromatic nitrogens is 4. The van der Waals surface area contributed by atoms with Crippen molar-refractivity contribution in [1.82, 2.24) is 25.3 Å². The standard InChI is InChI=1S/C20H16FN5O2/c21-16-10-14(7-8-19(16)28-15-4-3-9-22-12-15)11-23-20(27)13-26-18-6-2-1-5-17(18)24-25-26/h1-10,12H,11,13H2,(H,23,27). The second-order valence-electron chi connectivity index (χ2n) is 6.07. The molecule has 0 saturated carbocycles. The van der Waals surface area contributed by atoms with E-state index in [1.165, 1.54) is 23.0 Å². The first-order chi connectivity index (χ1) is 13.7. The highest BCUT2D eigenvalue weighted by molar-refractivity contribution is 5.79. The number of nitrogens with zero attached hydrogens (tertiary/aromatic N) is 4. The summed E-state index contributed by atoms with van der Waals surface area (Å²) in [5.74, 6) is -0.218. The van der Waals surface area contributed by atoms with Crippen LogP contribution in [0.15, 0.2) is 67.0 Å². The maximum absolute atomic E-state index is 14.3. The van der Waals surface area contributed by atoms with Crippen LogP contribution in [-0.4, -0.2) is 25.9 Å². The summed E-state index contributed by atoms with van der Waals surface area (Å²) < 4.78 is 21.2. The normalized spacial score (nSPS) is 10.8. The topological polar surface area (TPSA) is 81.9 Å². The van der Waals surface area contributed by atoms with Gasteiger partial charge < -0.3 is 10.1 Å². The summed E-state index contributed by atoms with van der Waals surface area (Å²) in [5.41, 5.74) is 2.12. The zero-order valence-corrected chi connectivity index (χ0v) is 14.7. The molecule has 2 aromatic heterocycles. The predicted octanol–water partition coefficient (Wildman–Crippen LogP) is 3.07. The van der Waals surface area contributed by atoms with E-state index in [2.05, 4.69) is 20.6 Å². The lowest BCUT2D eigenvalue weighted by Crippen LogP contribution is -2.27. The number of ether oxygens (including phenoxy) is 1. The molecule has 0 aliphatic carbocycles. The zero-order valence-electron chi connectivity index (χ0n) is 14.7. The molecule has 0 unspecified atom stereocenters.